The topological polar surface area (TPSA) is 78.2 Å². The van der Waals surface area contributed by atoms with Gasteiger partial charge in [-0.3, -0.25) is 9.69 Å². The molecule has 4 rings (SSSR count). The van der Waals surface area contributed by atoms with Gasteiger partial charge in [-0.1, -0.05) is 6.07 Å². The van der Waals surface area contributed by atoms with Crippen molar-refractivity contribution in [1.29, 1.82) is 0 Å². The van der Waals surface area contributed by atoms with Gasteiger partial charge in [0.1, 0.15) is 11.3 Å². The Kier molecular flexibility index (Phi) is 4.58. The summed E-state index contributed by atoms with van der Waals surface area (Å²) in [6, 6.07) is 14.5. The number of H-pyrrole nitrogens is 1. The van der Waals surface area contributed by atoms with Gasteiger partial charge < -0.3 is 15.6 Å². The van der Waals surface area contributed by atoms with E-state index in [1.165, 1.54) is 5.69 Å². The summed E-state index contributed by atoms with van der Waals surface area (Å²) in [5.74, 6) is 0.282. The number of rotatable bonds is 4. The van der Waals surface area contributed by atoms with Crippen molar-refractivity contribution in [3.8, 4) is 11.4 Å². The molecular weight excluding hydrogens is 338 g/mol. The third kappa shape index (κ3) is 3.40. The molecule has 2 heterocycles. The van der Waals surface area contributed by atoms with E-state index in [1.54, 1.807) is 6.07 Å². The van der Waals surface area contributed by atoms with Crippen LogP contribution in [0.15, 0.2) is 42.5 Å². The number of fused-ring (bicyclic) bond motifs is 1. The van der Waals surface area contributed by atoms with Crippen molar-refractivity contribution in [3.63, 3.8) is 0 Å². The van der Waals surface area contributed by atoms with Gasteiger partial charge in [-0.05, 0) is 50.2 Å². The molecule has 1 aliphatic heterocycles. The zero-order valence-corrected chi connectivity index (χ0v) is 15.8. The maximum Gasteiger partial charge on any atom is 0.250 e. The first kappa shape index (κ1) is 17.5. The number of anilines is 1. The SMILES string of the molecule is CC(C)N1CCN(c2ccc(-c3nc4c(C(N)=O)cccc4[nH]3)cc2)CC1. The van der Waals surface area contributed by atoms with Crippen LogP contribution in [0.5, 0.6) is 0 Å². The largest absolute Gasteiger partial charge is 0.369 e. The summed E-state index contributed by atoms with van der Waals surface area (Å²) in [5, 5.41) is 0. The first-order chi connectivity index (χ1) is 13.0. The molecule has 0 saturated carbocycles. The number of hydrogen-bond acceptors (Lipinski definition) is 4. The van der Waals surface area contributed by atoms with E-state index in [-0.39, 0.29) is 0 Å². The quantitative estimate of drug-likeness (QED) is 0.747. The van der Waals surface area contributed by atoms with Crippen LogP contribution in [-0.4, -0.2) is 53.0 Å². The first-order valence-corrected chi connectivity index (χ1v) is 9.41. The average molecular weight is 363 g/mol. The fraction of sp³-hybridized carbons (Fsp3) is 0.333. The summed E-state index contributed by atoms with van der Waals surface area (Å²) in [4.78, 5) is 24.4. The monoisotopic (exact) mass is 363 g/mol. The zero-order valence-electron chi connectivity index (χ0n) is 15.8. The van der Waals surface area contributed by atoms with Crippen molar-refractivity contribution in [3.05, 3.63) is 48.0 Å². The molecular formula is C21H25N5O. The highest BCUT2D eigenvalue weighted by Gasteiger charge is 2.19. The molecule has 6 nitrogen and oxygen atoms in total. The molecule has 1 aromatic heterocycles. The zero-order chi connectivity index (χ0) is 19.0. The predicted molar refractivity (Wildman–Crippen MR) is 109 cm³/mol. The minimum Gasteiger partial charge on any atom is -0.369 e. The highest BCUT2D eigenvalue weighted by Crippen LogP contribution is 2.25. The van der Waals surface area contributed by atoms with E-state index in [9.17, 15) is 4.79 Å². The van der Waals surface area contributed by atoms with Crippen molar-refractivity contribution < 1.29 is 4.79 Å². The van der Waals surface area contributed by atoms with Gasteiger partial charge >= 0.3 is 0 Å². The molecule has 1 aliphatic rings. The van der Waals surface area contributed by atoms with Crippen molar-refractivity contribution in [1.82, 2.24) is 14.9 Å². The lowest BCUT2D eigenvalue weighted by molar-refractivity contribution is 0.100. The van der Waals surface area contributed by atoms with E-state index in [0.717, 1.165) is 43.1 Å². The van der Waals surface area contributed by atoms with Crippen molar-refractivity contribution in [2.75, 3.05) is 31.1 Å². The second-order valence-corrected chi connectivity index (χ2v) is 7.32. The van der Waals surface area contributed by atoms with Gasteiger partial charge in [0.05, 0.1) is 11.1 Å². The number of aromatic nitrogens is 2. The van der Waals surface area contributed by atoms with Gasteiger partial charge in [0.2, 0.25) is 0 Å². The molecule has 0 spiro atoms. The number of nitrogens with zero attached hydrogens (tertiary/aromatic N) is 3. The number of hydrogen-bond donors (Lipinski definition) is 2. The highest BCUT2D eigenvalue weighted by molar-refractivity contribution is 6.04. The van der Waals surface area contributed by atoms with Crippen LogP contribution < -0.4 is 10.6 Å². The van der Waals surface area contributed by atoms with Gasteiger partial charge in [0.25, 0.3) is 5.91 Å². The summed E-state index contributed by atoms with van der Waals surface area (Å²) >= 11 is 0. The molecule has 0 radical (unpaired) electrons. The lowest BCUT2D eigenvalue weighted by Gasteiger charge is -2.38. The number of aromatic amines is 1. The van der Waals surface area contributed by atoms with E-state index in [4.69, 9.17) is 5.73 Å². The Morgan fingerprint density at radius 3 is 2.41 bits per heavy atom. The summed E-state index contributed by atoms with van der Waals surface area (Å²) < 4.78 is 0. The standard InChI is InChI=1S/C21H25N5O/c1-14(2)25-10-12-26(13-11-25)16-8-6-15(7-9-16)21-23-18-5-3-4-17(20(22)27)19(18)24-21/h3-9,14H,10-13H2,1-2H3,(H2,22,27)(H,23,24). The fourth-order valence-corrected chi connectivity index (χ4v) is 3.69. The third-order valence-corrected chi connectivity index (χ3v) is 5.33. The number of benzene rings is 2. The predicted octanol–water partition coefficient (Wildman–Crippen LogP) is 2.86. The van der Waals surface area contributed by atoms with Gasteiger partial charge in [0, 0.05) is 43.5 Å². The molecule has 140 valence electrons. The van der Waals surface area contributed by atoms with Crippen LogP contribution in [0.25, 0.3) is 22.4 Å². The number of piperazine rings is 1. The lowest BCUT2D eigenvalue weighted by Crippen LogP contribution is -2.48. The Hall–Kier alpha value is -2.86. The highest BCUT2D eigenvalue weighted by atomic mass is 16.1. The van der Waals surface area contributed by atoms with Crippen LogP contribution >= 0.6 is 0 Å². The lowest BCUT2D eigenvalue weighted by atomic mass is 10.1. The number of carbonyl (C=O) groups excluding carboxylic acids is 1. The molecule has 1 saturated heterocycles. The van der Waals surface area contributed by atoms with Gasteiger partial charge in [0.15, 0.2) is 0 Å². The molecule has 0 atom stereocenters. The van der Waals surface area contributed by atoms with Crippen LogP contribution in [0.2, 0.25) is 0 Å². The number of primary amides is 1. The minimum absolute atomic E-state index is 0.439. The number of nitrogens with two attached hydrogens (primary N) is 1. The van der Waals surface area contributed by atoms with Crippen LogP contribution in [0.3, 0.4) is 0 Å². The van der Waals surface area contributed by atoms with E-state index in [0.29, 0.717) is 17.1 Å². The van der Waals surface area contributed by atoms with Gasteiger partial charge in [-0.2, -0.15) is 0 Å². The molecule has 3 aromatic rings. The molecule has 6 heteroatoms. The van der Waals surface area contributed by atoms with Crippen molar-refractivity contribution in [2.45, 2.75) is 19.9 Å². The second kappa shape index (κ2) is 7.04. The molecule has 3 N–H and O–H groups in total. The Bertz CT molecular complexity index is 952. The summed E-state index contributed by atoms with van der Waals surface area (Å²) in [7, 11) is 0. The summed E-state index contributed by atoms with van der Waals surface area (Å²) in [6.45, 7) is 8.79. The number of para-hydroxylation sites is 1. The maximum atomic E-state index is 11.6. The molecule has 0 unspecified atom stereocenters. The van der Waals surface area contributed by atoms with E-state index < -0.39 is 5.91 Å². The summed E-state index contributed by atoms with van der Waals surface area (Å²) in [6.07, 6.45) is 0. The van der Waals surface area contributed by atoms with Crippen molar-refractivity contribution >= 4 is 22.6 Å². The van der Waals surface area contributed by atoms with E-state index in [1.807, 2.05) is 12.1 Å². The molecule has 0 aliphatic carbocycles. The van der Waals surface area contributed by atoms with Gasteiger partial charge in [-0.25, -0.2) is 4.98 Å². The van der Waals surface area contributed by atoms with E-state index in [2.05, 4.69) is 57.9 Å². The van der Waals surface area contributed by atoms with Crippen LogP contribution in [0.4, 0.5) is 5.69 Å². The minimum atomic E-state index is -0.463. The maximum absolute atomic E-state index is 11.6. The smallest absolute Gasteiger partial charge is 0.250 e. The Labute approximate surface area is 159 Å². The van der Waals surface area contributed by atoms with Crippen LogP contribution in [0.1, 0.15) is 24.2 Å². The molecule has 27 heavy (non-hydrogen) atoms. The van der Waals surface area contributed by atoms with Crippen molar-refractivity contribution in [2.24, 2.45) is 5.73 Å². The van der Waals surface area contributed by atoms with E-state index >= 15 is 0 Å². The molecule has 1 fully saturated rings. The number of nitrogens with one attached hydrogen (secondary N) is 1. The van der Waals surface area contributed by atoms with Crippen LogP contribution in [0, 0.1) is 0 Å². The normalized spacial score (nSPS) is 15.6. The fourth-order valence-electron chi connectivity index (χ4n) is 3.69. The number of carbonyl (C=O) groups is 1. The second-order valence-electron chi connectivity index (χ2n) is 7.32. The third-order valence-electron chi connectivity index (χ3n) is 5.33. The van der Waals surface area contributed by atoms with Crippen LogP contribution in [-0.2, 0) is 0 Å². The Morgan fingerprint density at radius 1 is 1.07 bits per heavy atom. The Morgan fingerprint density at radius 2 is 1.78 bits per heavy atom. The number of amides is 1. The van der Waals surface area contributed by atoms with Gasteiger partial charge in [-0.15, -0.1) is 0 Å². The summed E-state index contributed by atoms with van der Waals surface area (Å²) in [5.41, 5.74) is 9.55. The molecule has 2 aromatic carbocycles. The first-order valence-electron chi connectivity index (χ1n) is 9.41. The molecule has 1 amide bonds. The Balaban J connectivity index is 1.55. The molecule has 0 bridgehead atoms. The average Bonchev–Trinajstić information content (AvgIpc) is 3.12. The number of imidazole rings is 1.